The van der Waals surface area contributed by atoms with Gasteiger partial charge in [0.25, 0.3) is 11.1 Å². The van der Waals surface area contributed by atoms with Crippen LogP contribution in [0.2, 0.25) is 0 Å². The Bertz CT molecular complexity index is 407. The molecule has 1 aromatic rings. The highest BCUT2D eigenvalue weighted by Crippen LogP contribution is 2.27. The third-order valence-corrected chi connectivity index (χ3v) is 5.67. The van der Waals surface area contributed by atoms with Crippen LogP contribution in [0, 0.1) is 0 Å². The zero-order valence-electron chi connectivity index (χ0n) is 12.9. The van der Waals surface area contributed by atoms with E-state index in [1.807, 2.05) is 50.1 Å². The molecule has 1 atom stereocenters. The molecule has 5 nitrogen and oxygen atoms in total. The molecule has 0 saturated carbocycles. The van der Waals surface area contributed by atoms with Crippen LogP contribution in [0.5, 0.6) is 0 Å². The first-order valence-electron chi connectivity index (χ1n) is 6.19. The molecule has 6 heteroatoms. The zero-order valence-corrected chi connectivity index (χ0v) is 14.9. The van der Waals surface area contributed by atoms with Gasteiger partial charge < -0.3 is 19.1 Å². The fourth-order valence-electron chi connectivity index (χ4n) is 1.99. The normalized spacial score (nSPS) is 15.3. The van der Waals surface area contributed by atoms with Crippen molar-refractivity contribution in [2.24, 2.45) is 0 Å². The van der Waals surface area contributed by atoms with E-state index < -0.39 is 11.1 Å². The lowest BCUT2D eigenvalue weighted by atomic mass is 10.2. The molecule has 1 heterocycles. The smallest absolute Gasteiger partial charge is 0.287 e. The number of nitrogens with zero attached hydrogens (tertiary/aromatic N) is 2. The average Bonchev–Trinajstić information content (AvgIpc) is 2.45. The second-order valence-corrected chi connectivity index (χ2v) is 6.25. The van der Waals surface area contributed by atoms with Crippen LogP contribution < -0.4 is 9.47 Å². The van der Waals surface area contributed by atoms with Gasteiger partial charge >= 0.3 is 0 Å². The van der Waals surface area contributed by atoms with Crippen molar-refractivity contribution in [3.8, 4) is 0 Å². The number of hydrogen-bond acceptors (Lipinski definition) is 4. The first-order valence-corrected chi connectivity index (χ1v) is 7.19. The zero-order chi connectivity index (χ0) is 14.7. The number of anilines is 1. The Labute approximate surface area is 118 Å². The van der Waals surface area contributed by atoms with Crippen LogP contribution in [0.25, 0.3) is 0 Å². The Morgan fingerprint density at radius 1 is 1.05 bits per heavy atom. The molecule has 0 bridgehead atoms. The van der Waals surface area contributed by atoms with Gasteiger partial charge in [-0.2, -0.15) is 4.57 Å². The maximum absolute atomic E-state index is 5.73. The Morgan fingerprint density at radius 2 is 1.53 bits per heavy atom. The molecule has 0 N–H and O–H groups in total. The molecule has 1 aromatic heterocycles. The van der Waals surface area contributed by atoms with Gasteiger partial charge in [-0.25, -0.2) is 0 Å². The minimum absolute atomic E-state index is 0.638. The summed E-state index contributed by atoms with van der Waals surface area (Å²) in [5, 5.41) is -0.638. The number of methoxy groups -OCH3 is 3. The molecule has 0 aliphatic heterocycles. The van der Waals surface area contributed by atoms with Crippen molar-refractivity contribution in [2.45, 2.75) is 18.1 Å². The van der Waals surface area contributed by atoms with Crippen LogP contribution in [0.4, 0.5) is 5.69 Å². The largest absolute Gasteiger partial charge is 0.377 e. The van der Waals surface area contributed by atoms with E-state index in [2.05, 4.69) is 4.90 Å². The molecule has 0 fully saturated rings. The first-order chi connectivity index (χ1) is 8.84. The van der Waals surface area contributed by atoms with Gasteiger partial charge in [-0.05, 0) is 6.92 Å². The fraction of sp³-hybridized carbons (Fsp3) is 0.615. The summed E-state index contributed by atoms with van der Waals surface area (Å²) in [6.07, 6.45) is 3.98. The monoisotopic (exact) mass is 285 g/mol. The molecule has 0 radical (unpaired) electrons. The molecular weight excluding hydrogens is 260 g/mol. The van der Waals surface area contributed by atoms with Gasteiger partial charge in [0, 0.05) is 53.2 Å². The molecule has 0 amide bonds. The topological polar surface area (TPSA) is 34.8 Å². The molecular formula is C13H25N2O3Si+. The molecule has 1 unspecified atom stereocenters. The SMILES string of the molecule is COC(C)(OC)C([SiH3])(OC)[n+]1ccc(N(C)C)cc1. The van der Waals surface area contributed by atoms with Crippen molar-refractivity contribution >= 4 is 15.9 Å². The predicted molar refractivity (Wildman–Crippen MR) is 78.3 cm³/mol. The van der Waals surface area contributed by atoms with Gasteiger partial charge in [-0.3, -0.25) is 0 Å². The second kappa shape index (κ2) is 6.00. The number of rotatable bonds is 6. The van der Waals surface area contributed by atoms with Gasteiger partial charge in [-0.15, -0.1) is 0 Å². The summed E-state index contributed by atoms with van der Waals surface area (Å²) >= 11 is 0. The van der Waals surface area contributed by atoms with Crippen LogP contribution >= 0.6 is 0 Å². The lowest BCUT2D eigenvalue weighted by molar-refractivity contribution is -0.807. The molecule has 19 heavy (non-hydrogen) atoms. The molecule has 1 rings (SSSR count). The summed E-state index contributed by atoms with van der Waals surface area (Å²) in [5.74, 6) is -0.835. The lowest BCUT2D eigenvalue weighted by Crippen LogP contribution is -2.70. The summed E-state index contributed by atoms with van der Waals surface area (Å²) < 4.78 is 18.8. The van der Waals surface area contributed by atoms with Gasteiger partial charge in [0.15, 0.2) is 12.4 Å². The minimum Gasteiger partial charge on any atom is -0.377 e. The van der Waals surface area contributed by atoms with Crippen LogP contribution in [0.3, 0.4) is 0 Å². The van der Waals surface area contributed by atoms with E-state index in [1.165, 1.54) is 0 Å². The minimum atomic E-state index is -0.835. The Kier molecular flexibility index (Phi) is 5.09. The van der Waals surface area contributed by atoms with Crippen molar-refractivity contribution in [2.75, 3.05) is 40.3 Å². The molecule has 0 aliphatic rings. The number of pyridine rings is 1. The first kappa shape index (κ1) is 16.1. The molecule has 0 spiro atoms. The van der Waals surface area contributed by atoms with E-state index >= 15 is 0 Å². The summed E-state index contributed by atoms with van der Waals surface area (Å²) in [6.45, 7) is 1.89. The summed E-state index contributed by atoms with van der Waals surface area (Å²) in [6, 6.07) is 4.08. The molecule has 0 saturated heterocycles. The van der Waals surface area contributed by atoms with E-state index in [0.717, 1.165) is 5.69 Å². The van der Waals surface area contributed by atoms with E-state index in [4.69, 9.17) is 14.2 Å². The standard InChI is InChI=1S/C13H25N2O3Si/c1-12(16-4,17-5)13(19,18-6)15-9-7-11(8-10-15)14(2)3/h7-10H,1-6,19H3/q+1. The maximum Gasteiger partial charge on any atom is 0.287 e. The summed E-state index contributed by atoms with van der Waals surface area (Å²) in [4.78, 5) is 2.05. The van der Waals surface area contributed by atoms with Crippen LogP contribution in [-0.2, 0) is 19.6 Å². The van der Waals surface area contributed by atoms with Crippen molar-refractivity contribution in [1.82, 2.24) is 0 Å². The van der Waals surface area contributed by atoms with Crippen molar-refractivity contribution in [3.63, 3.8) is 0 Å². The van der Waals surface area contributed by atoms with E-state index in [0.29, 0.717) is 10.2 Å². The Morgan fingerprint density at radius 3 is 1.84 bits per heavy atom. The summed E-state index contributed by atoms with van der Waals surface area (Å²) in [5.41, 5.74) is 1.13. The van der Waals surface area contributed by atoms with Crippen LogP contribution in [-0.4, -0.2) is 51.5 Å². The lowest BCUT2D eigenvalue weighted by Gasteiger charge is -2.38. The van der Waals surface area contributed by atoms with Crippen LogP contribution in [0.1, 0.15) is 6.92 Å². The van der Waals surface area contributed by atoms with Crippen molar-refractivity contribution < 1.29 is 18.8 Å². The molecule has 108 valence electrons. The van der Waals surface area contributed by atoms with Gasteiger partial charge in [-0.1, -0.05) is 0 Å². The highest BCUT2D eigenvalue weighted by atomic mass is 28.1. The number of ether oxygens (including phenoxy) is 3. The van der Waals surface area contributed by atoms with Crippen molar-refractivity contribution in [1.29, 1.82) is 0 Å². The molecule has 0 aromatic carbocycles. The maximum atomic E-state index is 5.73. The van der Waals surface area contributed by atoms with Crippen molar-refractivity contribution in [3.05, 3.63) is 24.5 Å². The van der Waals surface area contributed by atoms with E-state index in [9.17, 15) is 0 Å². The fourth-order valence-corrected chi connectivity index (χ4v) is 2.69. The average molecular weight is 285 g/mol. The Balaban J connectivity index is 3.22. The third kappa shape index (κ3) is 2.81. The number of aromatic nitrogens is 1. The molecule has 0 aliphatic carbocycles. The van der Waals surface area contributed by atoms with Gasteiger partial charge in [0.1, 0.15) is 10.2 Å². The number of hydrogen-bond donors (Lipinski definition) is 0. The van der Waals surface area contributed by atoms with Crippen LogP contribution in [0.15, 0.2) is 24.5 Å². The predicted octanol–water partition coefficient (Wildman–Crippen LogP) is -0.329. The summed E-state index contributed by atoms with van der Waals surface area (Å²) in [7, 11) is 9.66. The third-order valence-electron chi connectivity index (χ3n) is 3.84. The highest BCUT2D eigenvalue weighted by molar-refractivity contribution is 6.12. The van der Waals surface area contributed by atoms with Gasteiger partial charge in [0.2, 0.25) is 0 Å². The second-order valence-electron chi connectivity index (χ2n) is 4.90. The Hall–Kier alpha value is -0.953. The van der Waals surface area contributed by atoms with E-state index in [1.54, 1.807) is 21.3 Å². The van der Waals surface area contributed by atoms with Gasteiger partial charge in [0.05, 0.1) is 0 Å². The highest BCUT2D eigenvalue weighted by Gasteiger charge is 2.54. The quantitative estimate of drug-likeness (QED) is 0.407. The van der Waals surface area contributed by atoms with E-state index in [-0.39, 0.29) is 0 Å².